The molecule has 0 aromatic carbocycles. The van der Waals surface area contributed by atoms with Gasteiger partial charge in [0.2, 0.25) is 0 Å². The van der Waals surface area contributed by atoms with Crippen molar-refractivity contribution in [3.63, 3.8) is 0 Å². The van der Waals surface area contributed by atoms with E-state index in [2.05, 4.69) is 33.0 Å². The highest BCUT2D eigenvalue weighted by molar-refractivity contribution is 4.82. The fraction of sp³-hybridized carbons (Fsp3) is 1.00. The summed E-state index contributed by atoms with van der Waals surface area (Å²) in [7, 11) is 0. The first kappa shape index (κ1) is 14.0. The highest BCUT2D eigenvalue weighted by Crippen LogP contribution is 2.32. The van der Waals surface area contributed by atoms with Crippen LogP contribution in [0, 0.1) is 11.3 Å². The van der Waals surface area contributed by atoms with E-state index in [1.165, 1.54) is 51.5 Å². The minimum atomic E-state index is 0.507. The van der Waals surface area contributed by atoms with Gasteiger partial charge in [-0.1, -0.05) is 40.5 Å². The molecule has 0 aromatic heterocycles. The van der Waals surface area contributed by atoms with Gasteiger partial charge < -0.3 is 5.32 Å². The molecule has 0 saturated heterocycles. The van der Waals surface area contributed by atoms with Gasteiger partial charge in [0, 0.05) is 6.04 Å². The van der Waals surface area contributed by atoms with Crippen molar-refractivity contribution in [2.24, 2.45) is 11.3 Å². The fourth-order valence-corrected chi connectivity index (χ4v) is 2.77. The predicted octanol–water partition coefficient (Wildman–Crippen LogP) is 4.37. The molecule has 1 fully saturated rings. The zero-order chi connectivity index (χ0) is 12.0. The molecule has 0 spiro atoms. The minimum Gasteiger partial charge on any atom is -0.314 e. The van der Waals surface area contributed by atoms with E-state index in [1.807, 2.05) is 0 Å². The van der Waals surface area contributed by atoms with Crippen LogP contribution in [0.4, 0.5) is 0 Å². The van der Waals surface area contributed by atoms with Crippen LogP contribution in [0.15, 0.2) is 0 Å². The Labute approximate surface area is 102 Å². The maximum absolute atomic E-state index is 3.76. The van der Waals surface area contributed by atoms with Crippen LogP contribution in [0.1, 0.15) is 72.6 Å². The van der Waals surface area contributed by atoms with Crippen LogP contribution in [0.25, 0.3) is 0 Å². The SMILES string of the molecule is CCCNC1CCCCC1CCC(C)(C)C. The molecule has 0 amide bonds. The average Bonchev–Trinajstić information content (AvgIpc) is 2.23. The molecule has 0 heterocycles. The highest BCUT2D eigenvalue weighted by atomic mass is 14.9. The highest BCUT2D eigenvalue weighted by Gasteiger charge is 2.25. The van der Waals surface area contributed by atoms with E-state index in [0.29, 0.717) is 5.41 Å². The van der Waals surface area contributed by atoms with Crippen molar-refractivity contribution < 1.29 is 0 Å². The van der Waals surface area contributed by atoms with E-state index < -0.39 is 0 Å². The first-order valence-electron chi connectivity index (χ1n) is 7.26. The predicted molar refractivity (Wildman–Crippen MR) is 72.7 cm³/mol. The molecule has 0 bridgehead atoms. The lowest BCUT2D eigenvalue weighted by atomic mass is 9.78. The van der Waals surface area contributed by atoms with E-state index in [4.69, 9.17) is 0 Å². The molecule has 1 heteroatoms. The van der Waals surface area contributed by atoms with Crippen molar-refractivity contribution in [3.8, 4) is 0 Å². The van der Waals surface area contributed by atoms with E-state index in [-0.39, 0.29) is 0 Å². The van der Waals surface area contributed by atoms with Crippen LogP contribution in [-0.4, -0.2) is 12.6 Å². The lowest BCUT2D eigenvalue weighted by molar-refractivity contribution is 0.218. The van der Waals surface area contributed by atoms with Gasteiger partial charge in [-0.25, -0.2) is 0 Å². The molecule has 1 nitrogen and oxygen atoms in total. The Bertz CT molecular complexity index is 180. The van der Waals surface area contributed by atoms with Gasteiger partial charge in [-0.2, -0.15) is 0 Å². The molecule has 1 saturated carbocycles. The van der Waals surface area contributed by atoms with Crippen LogP contribution in [0.2, 0.25) is 0 Å². The Balaban J connectivity index is 2.34. The second-order valence-electron chi connectivity index (χ2n) is 6.70. The van der Waals surface area contributed by atoms with E-state index >= 15 is 0 Å². The summed E-state index contributed by atoms with van der Waals surface area (Å²) in [5.41, 5.74) is 0.507. The summed E-state index contributed by atoms with van der Waals surface area (Å²) in [6, 6.07) is 0.816. The maximum atomic E-state index is 3.76. The monoisotopic (exact) mass is 225 g/mol. The lowest BCUT2D eigenvalue weighted by Gasteiger charge is -2.34. The van der Waals surface area contributed by atoms with E-state index in [9.17, 15) is 0 Å². The number of nitrogens with one attached hydrogen (secondary N) is 1. The van der Waals surface area contributed by atoms with Crippen LogP contribution in [0.5, 0.6) is 0 Å². The molecule has 2 unspecified atom stereocenters. The summed E-state index contributed by atoms with van der Waals surface area (Å²) in [4.78, 5) is 0. The normalized spacial score (nSPS) is 27.0. The third kappa shape index (κ3) is 5.34. The van der Waals surface area contributed by atoms with Gasteiger partial charge in [0.1, 0.15) is 0 Å². The Morgan fingerprint density at radius 1 is 1.12 bits per heavy atom. The van der Waals surface area contributed by atoms with Crippen molar-refractivity contribution in [1.82, 2.24) is 5.32 Å². The van der Waals surface area contributed by atoms with E-state index in [0.717, 1.165) is 12.0 Å². The molecule has 1 N–H and O–H groups in total. The number of hydrogen-bond acceptors (Lipinski definition) is 1. The summed E-state index contributed by atoms with van der Waals surface area (Å²) in [6.45, 7) is 10.6. The quantitative estimate of drug-likeness (QED) is 0.732. The summed E-state index contributed by atoms with van der Waals surface area (Å²) in [5.74, 6) is 0.944. The summed E-state index contributed by atoms with van der Waals surface area (Å²) in [5, 5.41) is 3.76. The molecule has 1 aliphatic rings. The molecule has 0 aliphatic heterocycles. The molecule has 0 aromatic rings. The average molecular weight is 225 g/mol. The smallest absolute Gasteiger partial charge is 0.00953 e. The minimum absolute atomic E-state index is 0.507. The van der Waals surface area contributed by atoms with E-state index in [1.54, 1.807) is 0 Å². The van der Waals surface area contributed by atoms with Crippen LogP contribution >= 0.6 is 0 Å². The molecule has 1 aliphatic carbocycles. The zero-order valence-electron chi connectivity index (χ0n) is 11.8. The molecule has 96 valence electrons. The van der Waals surface area contributed by atoms with Gasteiger partial charge in [-0.05, 0) is 50.0 Å². The number of hydrogen-bond donors (Lipinski definition) is 1. The second-order valence-corrected chi connectivity index (χ2v) is 6.70. The second kappa shape index (κ2) is 6.64. The Kier molecular flexibility index (Phi) is 5.82. The molecule has 2 atom stereocenters. The summed E-state index contributed by atoms with van der Waals surface area (Å²) < 4.78 is 0. The van der Waals surface area contributed by atoms with Crippen LogP contribution < -0.4 is 5.32 Å². The molecule has 0 radical (unpaired) electrons. The standard InChI is InChI=1S/C15H31N/c1-5-12-16-14-9-7-6-8-13(14)10-11-15(2,3)4/h13-14,16H,5-12H2,1-4H3. The molecule has 1 rings (SSSR count). The van der Waals surface area contributed by atoms with Gasteiger partial charge in [0.15, 0.2) is 0 Å². The van der Waals surface area contributed by atoms with Crippen LogP contribution in [0.3, 0.4) is 0 Å². The maximum Gasteiger partial charge on any atom is 0.00953 e. The topological polar surface area (TPSA) is 12.0 Å². The fourth-order valence-electron chi connectivity index (χ4n) is 2.77. The third-order valence-corrected chi connectivity index (χ3v) is 3.83. The van der Waals surface area contributed by atoms with Gasteiger partial charge >= 0.3 is 0 Å². The van der Waals surface area contributed by atoms with Crippen molar-refractivity contribution in [3.05, 3.63) is 0 Å². The van der Waals surface area contributed by atoms with Gasteiger partial charge in [-0.3, -0.25) is 0 Å². The van der Waals surface area contributed by atoms with Gasteiger partial charge in [0.25, 0.3) is 0 Å². The largest absolute Gasteiger partial charge is 0.314 e. The van der Waals surface area contributed by atoms with Crippen molar-refractivity contribution in [1.29, 1.82) is 0 Å². The first-order valence-corrected chi connectivity index (χ1v) is 7.26. The molecular weight excluding hydrogens is 194 g/mol. The van der Waals surface area contributed by atoms with Crippen molar-refractivity contribution in [2.45, 2.75) is 78.7 Å². The number of rotatable bonds is 5. The van der Waals surface area contributed by atoms with Crippen molar-refractivity contribution in [2.75, 3.05) is 6.54 Å². The molecular formula is C15H31N. The Morgan fingerprint density at radius 2 is 1.81 bits per heavy atom. The third-order valence-electron chi connectivity index (χ3n) is 3.83. The van der Waals surface area contributed by atoms with Gasteiger partial charge in [-0.15, -0.1) is 0 Å². The lowest BCUT2D eigenvalue weighted by Crippen LogP contribution is -2.39. The van der Waals surface area contributed by atoms with Crippen LogP contribution in [-0.2, 0) is 0 Å². The van der Waals surface area contributed by atoms with Crippen molar-refractivity contribution >= 4 is 0 Å². The zero-order valence-corrected chi connectivity index (χ0v) is 11.8. The Morgan fingerprint density at radius 3 is 2.44 bits per heavy atom. The Hall–Kier alpha value is -0.0400. The molecule has 16 heavy (non-hydrogen) atoms. The van der Waals surface area contributed by atoms with Gasteiger partial charge in [0.05, 0.1) is 0 Å². The first-order chi connectivity index (χ1) is 7.53. The summed E-state index contributed by atoms with van der Waals surface area (Å²) >= 11 is 0. The summed E-state index contributed by atoms with van der Waals surface area (Å²) in [6.07, 6.45) is 9.83.